The molecular formula is C7H9ClN4O. The minimum atomic E-state index is -0.181. The Kier molecular flexibility index (Phi) is 3.60. The van der Waals surface area contributed by atoms with E-state index in [4.69, 9.17) is 17.3 Å². The first kappa shape index (κ1) is 9.88. The van der Waals surface area contributed by atoms with Gasteiger partial charge in [-0.15, -0.1) is 10.2 Å². The summed E-state index contributed by atoms with van der Waals surface area (Å²) >= 11 is 5.50. The molecule has 0 spiro atoms. The molecule has 70 valence electrons. The third kappa shape index (κ3) is 3.35. The van der Waals surface area contributed by atoms with Crippen molar-refractivity contribution in [1.29, 1.82) is 0 Å². The van der Waals surface area contributed by atoms with Crippen LogP contribution in [-0.4, -0.2) is 22.6 Å². The lowest BCUT2D eigenvalue weighted by Gasteiger charge is -2.01. The monoisotopic (exact) mass is 200 g/mol. The van der Waals surface area contributed by atoms with Gasteiger partial charge in [0, 0.05) is 13.0 Å². The molecule has 0 aliphatic rings. The number of nitrogens with two attached hydrogens (primary N) is 1. The number of carbonyl (C=O) groups excluding carboxylic acids is 1. The van der Waals surface area contributed by atoms with Crippen LogP contribution in [0.25, 0.3) is 0 Å². The van der Waals surface area contributed by atoms with E-state index < -0.39 is 0 Å². The number of halogens is 1. The second kappa shape index (κ2) is 4.74. The molecule has 0 bridgehead atoms. The van der Waals surface area contributed by atoms with Gasteiger partial charge >= 0.3 is 0 Å². The topological polar surface area (TPSA) is 80.9 Å². The predicted octanol–water partition coefficient (Wildman–Crippen LogP) is 0.417. The number of nitrogens with zero attached hydrogens (tertiary/aromatic N) is 2. The lowest BCUT2D eigenvalue weighted by Crippen LogP contribution is -2.17. The van der Waals surface area contributed by atoms with Gasteiger partial charge in [-0.1, -0.05) is 11.6 Å². The van der Waals surface area contributed by atoms with Crippen LogP contribution in [0.3, 0.4) is 0 Å². The van der Waals surface area contributed by atoms with Gasteiger partial charge in [0.1, 0.15) is 0 Å². The Hall–Kier alpha value is -1.20. The number of hydrogen-bond acceptors (Lipinski definition) is 4. The lowest BCUT2D eigenvalue weighted by atomic mass is 10.4. The Morgan fingerprint density at radius 1 is 1.54 bits per heavy atom. The van der Waals surface area contributed by atoms with E-state index in [0.717, 1.165) is 0 Å². The van der Waals surface area contributed by atoms with Crippen molar-refractivity contribution in [2.75, 3.05) is 11.9 Å². The SMILES string of the molecule is NCCC(=O)Nc1ccc(Cl)nn1. The molecule has 0 saturated heterocycles. The fraction of sp³-hybridized carbons (Fsp3) is 0.286. The van der Waals surface area contributed by atoms with Crippen LogP contribution in [0.4, 0.5) is 5.82 Å². The van der Waals surface area contributed by atoms with Crippen molar-refractivity contribution in [3.63, 3.8) is 0 Å². The van der Waals surface area contributed by atoms with Crippen LogP contribution in [0.2, 0.25) is 5.15 Å². The summed E-state index contributed by atoms with van der Waals surface area (Å²) in [4.78, 5) is 11.0. The number of nitrogens with one attached hydrogen (secondary N) is 1. The zero-order valence-electron chi connectivity index (χ0n) is 6.83. The van der Waals surface area contributed by atoms with Gasteiger partial charge in [0.2, 0.25) is 5.91 Å². The molecule has 6 heteroatoms. The summed E-state index contributed by atoms with van der Waals surface area (Å²) in [5, 5.41) is 10.0. The molecule has 1 aromatic heterocycles. The van der Waals surface area contributed by atoms with Crippen molar-refractivity contribution in [3.05, 3.63) is 17.3 Å². The quantitative estimate of drug-likeness (QED) is 0.741. The Labute approximate surface area is 80.3 Å². The lowest BCUT2D eigenvalue weighted by molar-refractivity contribution is -0.116. The molecule has 0 saturated carbocycles. The summed E-state index contributed by atoms with van der Waals surface area (Å²) < 4.78 is 0. The number of hydrogen-bond donors (Lipinski definition) is 2. The molecule has 1 aromatic rings. The van der Waals surface area contributed by atoms with Crippen molar-refractivity contribution in [3.8, 4) is 0 Å². The molecule has 1 heterocycles. The molecule has 0 fully saturated rings. The van der Waals surface area contributed by atoms with E-state index in [0.29, 0.717) is 12.4 Å². The van der Waals surface area contributed by atoms with Crippen molar-refractivity contribution < 1.29 is 4.79 Å². The van der Waals surface area contributed by atoms with Crippen molar-refractivity contribution in [2.24, 2.45) is 5.73 Å². The molecule has 0 atom stereocenters. The molecular weight excluding hydrogens is 192 g/mol. The third-order valence-corrected chi connectivity index (χ3v) is 1.47. The highest BCUT2D eigenvalue weighted by Gasteiger charge is 2.01. The maximum atomic E-state index is 11.0. The van der Waals surface area contributed by atoms with Crippen LogP contribution in [0, 0.1) is 0 Å². The zero-order chi connectivity index (χ0) is 9.68. The highest BCUT2D eigenvalue weighted by atomic mass is 35.5. The van der Waals surface area contributed by atoms with Gasteiger partial charge in [-0.3, -0.25) is 4.79 Å². The predicted molar refractivity (Wildman–Crippen MR) is 49.3 cm³/mol. The van der Waals surface area contributed by atoms with Gasteiger partial charge in [-0.05, 0) is 12.1 Å². The smallest absolute Gasteiger partial charge is 0.226 e. The number of anilines is 1. The van der Waals surface area contributed by atoms with E-state index in [1.807, 2.05) is 0 Å². The van der Waals surface area contributed by atoms with Crippen LogP contribution in [-0.2, 0) is 4.79 Å². The molecule has 3 N–H and O–H groups in total. The second-order valence-electron chi connectivity index (χ2n) is 2.33. The number of aromatic nitrogens is 2. The average molecular weight is 201 g/mol. The Morgan fingerprint density at radius 2 is 2.31 bits per heavy atom. The maximum absolute atomic E-state index is 11.0. The van der Waals surface area contributed by atoms with Crippen LogP contribution < -0.4 is 11.1 Å². The first-order valence-corrected chi connectivity index (χ1v) is 4.09. The van der Waals surface area contributed by atoms with Crippen molar-refractivity contribution >= 4 is 23.3 Å². The summed E-state index contributed by atoms with van der Waals surface area (Å²) in [6.45, 7) is 0.312. The minimum Gasteiger partial charge on any atom is -0.330 e. The number of carbonyl (C=O) groups is 1. The van der Waals surface area contributed by atoms with E-state index in [9.17, 15) is 4.79 Å². The summed E-state index contributed by atoms with van der Waals surface area (Å²) in [5.41, 5.74) is 5.19. The molecule has 0 aliphatic carbocycles. The fourth-order valence-electron chi connectivity index (χ4n) is 0.719. The Balaban J connectivity index is 2.54. The Bertz CT molecular complexity index is 287. The van der Waals surface area contributed by atoms with E-state index in [-0.39, 0.29) is 17.5 Å². The highest BCUT2D eigenvalue weighted by molar-refractivity contribution is 6.29. The second-order valence-corrected chi connectivity index (χ2v) is 2.72. The van der Waals surface area contributed by atoms with Gasteiger partial charge < -0.3 is 11.1 Å². The largest absolute Gasteiger partial charge is 0.330 e. The standard InChI is InChI=1S/C7H9ClN4O/c8-5-1-2-6(12-11-5)10-7(13)3-4-9/h1-2H,3-4,9H2,(H,10,12,13). The first-order chi connectivity index (χ1) is 6.22. The Morgan fingerprint density at radius 3 is 2.85 bits per heavy atom. The summed E-state index contributed by atoms with van der Waals surface area (Å²) in [5.74, 6) is 0.196. The van der Waals surface area contributed by atoms with Crippen molar-refractivity contribution in [2.45, 2.75) is 6.42 Å². The van der Waals surface area contributed by atoms with Crippen LogP contribution in [0.15, 0.2) is 12.1 Å². The van der Waals surface area contributed by atoms with Crippen LogP contribution in [0.1, 0.15) is 6.42 Å². The van der Waals surface area contributed by atoms with E-state index in [2.05, 4.69) is 15.5 Å². The number of rotatable bonds is 3. The minimum absolute atomic E-state index is 0.181. The highest BCUT2D eigenvalue weighted by Crippen LogP contribution is 2.05. The average Bonchev–Trinajstić information content (AvgIpc) is 2.09. The molecule has 0 aliphatic heterocycles. The maximum Gasteiger partial charge on any atom is 0.226 e. The molecule has 5 nitrogen and oxygen atoms in total. The number of amides is 1. The van der Waals surface area contributed by atoms with E-state index >= 15 is 0 Å². The van der Waals surface area contributed by atoms with E-state index in [1.165, 1.54) is 0 Å². The first-order valence-electron chi connectivity index (χ1n) is 3.71. The molecule has 1 rings (SSSR count). The van der Waals surface area contributed by atoms with Gasteiger partial charge in [-0.25, -0.2) is 0 Å². The van der Waals surface area contributed by atoms with Gasteiger partial charge in [0.25, 0.3) is 0 Å². The summed E-state index contributed by atoms with van der Waals surface area (Å²) in [6.07, 6.45) is 0.268. The van der Waals surface area contributed by atoms with Crippen LogP contribution >= 0.6 is 11.6 Å². The fourth-order valence-corrected chi connectivity index (χ4v) is 0.820. The molecule has 0 unspecified atom stereocenters. The normalized spacial score (nSPS) is 9.69. The van der Waals surface area contributed by atoms with E-state index in [1.54, 1.807) is 12.1 Å². The van der Waals surface area contributed by atoms with Gasteiger partial charge in [0.05, 0.1) is 0 Å². The summed E-state index contributed by atoms with van der Waals surface area (Å²) in [6, 6.07) is 3.12. The third-order valence-electron chi connectivity index (χ3n) is 1.27. The molecule has 1 amide bonds. The molecule has 0 radical (unpaired) electrons. The van der Waals surface area contributed by atoms with Crippen LogP contribution in [0.5, 0.6) is 0 Å². The zero-order valence-corrected chi connectivity index (χ0v) is 7.58. The van der Waals surface area contributed by atoms with Crippen molar-refractivity contribution in [1.82, 2.24) is 10.2 Å². The summed E-state index contributed by atoms with van der Waals surface area (Å²) in [7, 11) is 0. The molecule has 13 heavy (non-hydrogen) atoms. The molecule has 0 aromatic carbocycles. The van der Waals surface area contributed by atoms with Gasteiger partial charge in [0.15, 0.2) is 11.0 Å². The van der Waals surface area contributed by atoms with Gasteiger partial charge in [-0.2, -0.15) is 0 Å².